The van der Waals surface area contributed by atoms with E-state index in [1.54, 1.807) is 31.2 Å². The summed E-state index contributed by atoms with van der Waals surface area (Å²) in [7, 11) is 0. The molecule has 2 aromatic rings. The highest BCUT2D eigenvalue weighted by molar-refractivity contribution is 6.07. The molecule has 3 aliphatic rings. The third-order valence-corrected chi connectivity index (χ3v) is 9.20. The van der Waals surface area contributed by atoms with Gasteiger partial charge in [0.25, 0.3) is 11.5 Å². The number of rotatable bonds is 12. The van der Waals surface area contributed by atoms with Crippen LogP contribution in [0.3, 0.4) is 0 Å². The fourth-order valence-electron chi connectivity index (χ4n) is 6.57. The van der Waals surface area contributed by atoms with Crippen LogP contribution in [0.25, 0.3) is 11.1 Å². The number of amides is 3. The van der Waals surface area contributed by atoms with E-state index < -0.39 is 35.1 Å². The van der Waals surface area contributed by atoms with Crippen molar-refractivity contribution in [2.24, 2.45) is 5.92 Å². The molecule has 266 valence electrons. The first-order chi connectivity index (χ1) is 23.2. The predicted molar refractivity (Wildman–Crippen MR) is 166 cm³/mol. The molecule has 2 heterocycles. The molecule has 0 spiro atoms. The van der Waals surface area contributed by atoms with Crippen LogP contribution in [-0.2, 0) is 26.3 Å². The van der Waals surface area contributed by atoms with Crippen molar-refractivity contribution in [2.75, 3.05) is 26.4 Å². The number of allylic oxidation sites excluding steroid dienone is 2. The topological polar surface area (TPSA) is 97.3 Å². The van der Waals surface area contributed by atoms with E-state index in [1.165, 1.54) is 12.1 Å². The number of carbonyl (C=O) groups is 2. The quantitative estimate of drug-likeness (QED) is 0.137. The zero-order chi connectivity index (χ0) is 35.6. The number of carbonyl (C=O) groups excluding carboxylic acids is 2. The molecule has 8 nitrogen and oxygen atoms in total. The number of nitrogens with zero attached hydrogens (tertiary/aromatic N) is 1. The number of aliphatic hydroxyl groups is 1. The van der Waals surface area contributed by atoms with Crippen LogP contribution in [0.5, 0.6) is 5.75 Å². The SMILES string of the molecule is CCCc1cc(C(O)(C(F)(F)F)C(F)(F)F)cc(-c2ccccc2)c1OCCCCN1C(=O)NC(CC)(C2C=CC3=C(C2)OCCO3)C1=O. The van der Waals surface area contributed by atoms with Crippen molar-refractivity contribution in [1.82, 2.24) is 10.2 Å². The minimum atomic E-state index is -6.05. The molecule has 0 aromatic heterocycles. The first-order valence-corrected chi connectivity index (χ1v) is 16.2. The number of nitrogens with one attached hydrogen (secondary N) is 1. The molecule has 49 heavy (non-hydrogen) atoms. The summed E-state index contributed by atoms with van der Waals surface area (Å²) in [5.41, 5.74) is -7.31. The molecule has 1 saturated heterocycles. The highest BCUT2D eigenvalue weighted by atomic mass is 19.4. The summed E-state index contributed by atoms with van der Waals surface area (Å²) in [6.45, 7) is 4.41. The number of alkyl halides is 6. The van der Waals surface area contributed by atoms with E-state index >= 15 is 0 Å². The van der Waals surface area contributed by atoms with Gasteiger partial charge in [-0.3, -0.25) is 9.69 Å². The van der Waals surface area contributed by atoms with Gasteiger partial charge < -0.3 is 24.6 Å². The summed E-state index contributed by atoms with van der Waals surface area (Å²) in [5.74, 6) is 0.619. The predicted octanol–water partition coefficient (Wildman–Crippen LogP) is 7.31. The Kier molecular flexibility index (Phi) is 10.3. The number of benzene rings is 2. The van der Waals surface area contributed by atoms with Crippen LogP contribution in [0.15, 0.2) is 66.1 Å². The molecule has 2 atom stereocenters. The van der Waals surface area contributed by atoms with Gasteiger partial charge in [-0.1, -0.05) is 56.7 Å². The summed E-state index contributed by atoms with van der Waals surface area (Å²) >= 11 is 0. The fourth-order valence-corrected chi connectivity index (χ4v) is 6.57. The van der Waals surface area contributed by atoms with Gasteiger partial charge in [0.1, 0.15) is 30.3 Å². The molecule has 2 aliphatic heterocycles. The molecule has 0 bridgehead atoms. The van der Waals surface area contributed by atoms with Crippen molar-refractivity contribution in [2.45, 2.75) is 75.9 Å². The summed E-state index contributed by atoms with van der Waals surface area (Å²) in [5, 5.41) is 13.1. The van der Waals surface area contributed by atoms with Crippen LogP contribution in [0.2, 0.25) is 0 Å². The Morgan fingerprint density at radius 1 is 1.00 bits per heavy atom. The molecule has 3 amide bonds. The Hall–Kier alpha value is -4.20. The van der Waals surface area contributed by atoms with Gasteiger partial charge in [0.05, 0.1) is 6.61 Å². The Morgan fingerprint density at radius 2 is 1.69 bits per heavy atom. The van der Waals surface area contributed by atoms with E-state index in [4.69, 9.17) is 14.2 Å². The van der Waals surface area contributed by atoms with Gasteiger partial charge in [-0.05, 0) is 55.0 Å². The molecule has 2 unspecified atom stereocenters. The average Bonchev–Trinajstić information content (AvgIpc) is 3.32. The zero-order valence-electron chi connectivity index (χ0n) is 27.0. The summed E-state index contributed by atoms with van der Waals surface area (Å²) in [6.07, 6.45) is -6.71. The lowest BCUT2D eigenvalue weighted by molar-refractivity contribution is -0.376. The van der Waals surface area contributed by atoms with Crippen LogP contribution in [0.4, 0.5) is 31.1 Å². The molecule has 1 aliphatic carbocycles. The van der Waals surface area contributed by atoms with Crippen LogP contribution in [0, 0.1) is 5.92 Å². The van der Waals surface area contributed by atoms with Crippen molar-refractivity contribution in [3.8, 4) is 16.9 Å². The van der Waals surface area contributed by atoms with Crippen LogP contribution < -0.4 is 10.1 Å². The van der Waals surface area contributed by atoms with E-state index in [-0.39, 0.29) is 48.3 Å². The van der Waals surface area contributed by atoms with Crippen molar-refractivity contribution < 1.29 is 55.2 Å². The van der Waals surface area contributed by atoms with E-state index in [0.29, 0.717) is 74.5 Å². The smallest absolute Gasteiger partial charge is 0.430 e. The second-order valence-corrected chi connectivity index (χ2v) is 12.3. The fraction of sp³-hybridized carbons (Fsp3) is 0.486. The van der Waals surface area contributed by atoms with Crippen LogP contribution >= 0.6 is 0 Å². The summed E-state index contributed by atoms with van der Waals surface area (Å²) in [6, 6.07) is 8.68. The van der Waals surface area contributed by atoms with Crippen LogP contribution in [0.1, 0.15) is 57.1 Å². The van der Waals surface area contributed by atoms with Crippen molar-refractivity contribution in [3.05, 3.63) is 77.3 Å². The van der Waals surface area contributed by atoms with E-state index in [0.717, 1.165) is 4.90 Å². The van der Waals surface area contributed by atoms with E-state index in [9.17, 15) is 41.0 Å². The lowest BCUT2D eigenvalue weighted by Gasteiger charge is -2.36. The average molecular weight is 697 g/mol. The molecule has 5 rings (SSSR count). The second kappa shape index (κ2) is 14.0. The molecule has 14 heteroatoms. The molecular formula is C35H38F6N2O6. The Balaban J connectivity index is 1.32. The van der Waals surface area contributed by atoms with Gasteiger partial charge in [0.15, 0.2) is 5.76 Å². The molecule has 1 fully saturated rings. The largest absolute Gasteiger partial charge is 0.493 e. The molecule has 0 radical (unpaired) electrons. The number of unbranched alkanes of at least 4 members (excludes halogenated alkanes) is 1. The van der Waals surface area contributed by atoms with Gasteiger partial charge in [0.2, 0.25) is 0 Å². The third-order valence-electron chi connectivity index (χ3n) is 9.20. The zero-order valence-corrected chi connectivity index (χ0v) is 27.0. The van der Waals surface area contributed by atoms with Crippen molar-refractivity contribution in [1.29, 1.82) is 0 Å². The number of urea groups is 1. The molecule has 2 aromatic carbocycles. The van der Waals surface area contributed by atoms with Gasteiger partial charge in [0, 0.05) is 30.0 Å². The first kappa shape index (κ1) is 36.1. The maximum absolute atomic E-state index is 13.9. The third kappa shape index (κ3) is 6.71. The van der Waals surface area contributed by atoms with Crippen LogP contribution in [-0.4, -0.2) is 66.2 Å². The van der Waals surface area contributed by atoms with Gasteiger partial charge in [-0.25, -0.2) is 4.79 Å². The maximum atomic E-state index is 13.9. The lowest BCUT2D eigenvalue weighted by Crippen LogP contribution is -2.54. The Bertz CT molecular complexity index is 1590. The van der Waals surface area contributed by atoms with Gasteiger partial charge in [-0.15, -0.1) is 0 Å². The van der Waals surface area contributed by atoms with Gasteiger partial charge in [-0.2, -0.15) is 26.3 Å². The minimum Gasteiger partial charge on any atom is -0.493 e. The van der Waals surface area contributed by atoms with E-state index in [1.807, 2.05) is 13.0 Å². The standard InChI is InChI=1S/C35H38F6N2O6/c1-3-10-23-19-25(33(46,34(36,37)38)35(39,40)41)20-26(22-11-6-5-7-12-22)29(23)49-16-9-8-15-43-30(44)32(4-2,42-31(43)45)24-13-14-27-28(21-24)48-18-17-47-27/h5-7,11-14,19-20,24,46H,3-4,8-10,15-18,21H2,1-2H3,(H,42,45). The second-order valence-electron chi connectivity index (χ2n) is 12.3. The highest BCUT2D eigenvalue weighted by Gasteiger charge is 2.71. The number of ether oxygens (including phenoxy) is 3. The van der Waals surface area contributed by atoms with Crippen molar-refractivity contribution in [3.63, 3.8) is 0 Å². The van der Waals surface area contributed by atoms with E-state index in [2.05, 4.69) is 5.32 Å². The lowest BCUT2D eigenvalue weighted by atomic mass is 9.77. The Morgan fingerprint density at radius 3 is 2.35 bits per heavy atom. The monoisotopic (exact) mass is 696 g/mol. The van der Waals surface area contributed by atoms with Crippen molar-refractivity contribution >= 4 is 11.9 Å². The first-order valence-electron chi connectivity index (χ1n) is 16.2. The molecular weight excluding hydrogens is 658 g/mol. The molecule has 2 N–H and O–H groups in total. The number of imide groups is 1. The number of hydrogen-bond donors (Lipinski definition) is 2. The highest BCUT2D eigenvalue weighted by Crippen LogP contribution is 2.52. The van der Waals surface area contributed by atoms with Gasteiger partial charge >= 0.3 is 18.4 Å². The normalized spacial score (nSPS) is 21.3. The summed E-state index contributed by atoms with van der Waals surface area (Å²) in [4.78, 5) is 27.9. The summed E-state index contributed by atoms with van der Waals surface area (Å²) < 4.78 is 101. The number of aryl methyl sites for hydroxylation is 1. The minimum absolute atomic E-state index is 0.0130. The maximum Gasteiger partial charge on any atom is 0.430 e. The number of hydrogen-bond acceptors (Lipinski definition) is 6. The Labute approximate surface area is 279 Å². The number of halogens is 6. The molecule has 0 saturated carbocycles.